The van der Waals surface area contributed by atoms with Crippen molar-refractivity contribution in [3.05, 3.63) is 98.7 Å². The molecule has 6 heteroatoms. The zero-order valence-corrected chi connectivity index (χ0v) is 18.8. The zero-order chi connectivity index (χ0) is 22.3. The Labute approximate surface area is 191 Å². The Kier molecular flexibility index (Phi) is 5.61. The number of imide groups is 1. The second-order valence-corrected chi connectivity index (χ2v) is 8.30. The predicted octanol–water partition coefficient (Wildman–Crippen LogP) is 6.32. The number of amides is 2. The van der Waals surface area contributed by atoms with Crippen LogP contribution in [0.2, 0.25) is 10.0 Å². The second-order valence-electron chi connectivity index (χ2n) is 7.48. The van der Waals surface area contributed by atoms with E-state index in [4.69, 9.17) is 23.2 Å². The lowest BCUT2D eigenvalue weighted by molar-refractivity contribution is -0.120. The number of benzene rings is 3. The minimum Gasteiger partial charge on any atom is -0.350 e. The molecule has 2 amide bonds. The highest BCUT2D eigenvalue weighted by Crippen LogP contribution is 2.37. The summed E-state index contributed by atoms with van der Waals surface area (Å²) >= 11 is 12.5. The Balaban J connectivity index is 1.88. The maximum atomic E-state index is 13.6. The fraction of sp³-hybridized carbons (Fsp3) is 0.120. The molecule has 3 aromatic rings. The van der Waals surface area contributed by atoms with Gasteiger partial charge in [-0.3, -0.25) is 9.59 Å². The smallest absolute Gasteiger partial charge is 0.282 e. The van der Waals surface area contributed by atoms with Crippen molar-refractivity contribution in [2.24, 2.45) is 0 Å². The molecule has 31 heavy (non-hydrogen) atoms. The van der Waals surface area contributed by atoms with Gasteiger partial charge >= 0.3 is 0 Å². The van der Waals surface area contributed by atoms with E-state index in [-0.39, 0.29) is 5.70 Å². The van der Waals surface area contributed by atoms with Gasteiger partial charge < -0.3 is 5.32 Å². The summed E-state index contributed by atoms with van der Waals surface area (Å²) in [5, 5.41) is 4.24. The van der Waals surface area contributed by atoms with Crippen molar-refractivity contribution >= 4 is 52.0 Å². The largest absolute Gasteiger partial charge is 0.350 e. The van der Waals surface area contributed by atoms with Gasteiger partial charge in [-0.05, 0) is 61.7 Å². The molecule has 156 valence electrons. The molecule has 0 unspecified atom stereocenters. The first kappa shape index (κ1) is 21.2. The predicted molar refractivity (Wildman–Crippen MR) is 127 cm³/mol. The number of carbonyl (C=O) groups is 2. The molecular weight excluding hydrogens is 431 g/mol. The summed E-state index contributed by atoms with van der Waals surface area (Å²) in [6, 6.07) is 18.1. The molecule has 0 atom stereocenters. The van der Waals surface area contributed by atoms with Crippen LogP contribution in [0.1, 0.15) is 22.3 Å². The number of carbonyl (C=O) groups excluding carboxylic acids is 2. The summed E-state index contributed by atoms with van der Waals surface area (Å²) in [6.45, 7) is 5.61. The molecule has 0 fully saturated rings. The molecule has 0 bridgehead atoms. The highest BCUT2D eigenvalue weighted by atomic mass is 35.5. The van der Waals surface area contributed by atoms with Crippen molar-refractivity contribution in [1.29, 1.82) is 0 Å². The van der Waals surface area contributed by atoms with Crippen molar-refractivity contribution in [2.75, 3.05) is 10.2 Å². The molecule has 0 aliphatic carbocycles. The Morgan fingerprint density at radius 2 is 1.35 bits per heavy atom. The van der Waals surface area contributed by atoms with Gasteiger partial charge in [0, 0.05) is 15.7 Å². The molecular formula is C25H20Cl2N2O2. The van der Waals surface area contributed by atoms with Gasteiger partial charge in [-0.25, -0.2) is 4.90 Å². The van der Waals surface area contributed by atoms with E-state index in [1.54, 1.807) is 37.3 Å². The second kappa shape index (κ2) is 8.22. The maximum Gasteiger partial charge on any atom is 0.282 e. The molecule has 1 N–H and O–H groups in total. The third-order valence-electron chi connectivity index (χ3n) is 5.43. The van der Waals surface area contributed by atoms with E-state index in [9.17, 15) is 9.59 Å². The van der Waals surface area contributed by atoms with E-state index in [2.05, 4.69) is 5.32 Å². The molecule has 3 aromatic carbocycles. The molecule has 0 spiro atoms. The van der Waals surface area contributed by atoms with Crippen LogP contribution in [-0.2, 0) is 9.59 Å². The molecule has 0 radical (unpaired) electrons. The SMILES string of the molecule is Cc1ccc(C2=C(Nc3cccc(Cl)c3C)C(=O)N(c3cccc(Cl)c3C)C2=O)cc1. The summed E-state index contributed by atoms with van der Waals surface area (Å²) in [7, 11) is 0. The maximum absolute atomic E-state index is 13.6. The molecule has 4 nitrogen and oxygen atoms in total. The van der Waals surface area contributed by atoms with Crippen LogP contribution in [0.5, 0.6) is 0 Å². The van der Waals surface area contributed by atoms with Gasteiger partial charge in [0.25, 0.3) is 11.8 Å². The van der Waals surface area contributed by atoms with Gasteiger partial charge in [-0.15, -0.1) is 0 Å². The summed E-state index contributed by atoms with van der Waals surface area (Å²) < 4.78 is 0. The number of rotatable bonds is 4. The fourth-order valence-corrected chi connectivity index (χ4v) is 3.91. The van der Waals surface area contributed by atoms with Crippen LogP contribution in [0.15, 0.2) is 66.4 Å². The quantitative estimate of drug-likeness (QED) is 0.473. The summed E-state index contributed by atoms with van der Waals surface area (Å²) in [5.74, 6) is -0.841. The number of nitrogens with one attached hydrogen (secondary N) is 1. The highest BCUT2D eigenvalue weighted by molar-refractivity contribution is 6.46. The van der Waals surface area contributed by atoms with Gasteiger partial charge in [-0.2, -0.15) is 0 Å². The average molecular weight is 451 g/mol. The molecule has 0 saturated heterocycles. The monoisotopic (exact) mass is 450 g/mol. The first-order valence-corrected chi connectivity index (χ1v) is 10.5. The number of aryl methyl sites for hydroxylation is 1. The van der Waals surface area contributed by atoms with Gasteiger partial charge in [0.15, 0.2) is 0 Å². The lowest BCUT2D eigenvalue weighted by atomic mass is 10.0. The van der Waals surface area contributed by atoms with E-state index in [1.807, 2.05) is 44.2 Å². The summed E-state index contributed by atoms with van der Waals surface area (Å²) in [5.41, 5.74) is 4.82. The average Bonchev–Trinajstić information content (AvgIpc) is 2.98. The Bertz CT molecular complexity index is 1250. The van der Waals surface area contributed by atoms with E-state index in [1.165, 1.54) is 4.90 Å². The number of hydrogen-bond acceptors (Lipinski definition) is 3. The number of nitrogens with zero attached hydrogens (tertiary/aromatic N) is 1. The third-order valence-corrected chi connectivity index (χ3v) is 6.25. The van der Waals surface area contributed by atoms with Gasteiger partial charge in [0.2, 0.25) is 0 Å². The van der Waals surface area contributed by atoms with Gasteiger partial charge in [0.1, 0.15) is 5.70 Å². The summed E-state index contributed by atoms with van der Waals surface area (Å²) in [6.07, 6.45) is 0. The Hall–Kier alpha value is -3.08. The molecule has 0 saturated carbocycles. The lowest BCUT2D eigenvalue weighted by Gasteiger charge is -2.18. The van der Waals surface area contributed by atoms with Crippen molar-refractivity contribution in [3.8, 4) is 0 Å². The van der Waals surface area contributed by atoms with Crippen LogP contribution >= 0.6 is 23.2 Å². The molecule has 1 aliphatic rings. The van der Waals surface area contributed by atoms with Crippen LogP contribution in [-0.4, -0.2) is 11.8 Å². The highest BCUT2D eigenvalue weighted by Gasteiger charge is 2.41. The lowest BCUT2D eigenvalue weighted by Crippen LogP contribution is -2.33. The van der Waals surface area contributed by atoms with Crippen LogP contribution in [0.3, 0.4) is 0 Å². The van der Waals surface area contributed by atoms with Crippen LogP contribution in [0, 0.1) is 20.8 Å². The van der Waals surface area contributed by atoms with Crippen molar-refractivity contribution in [2.45, 2.75) is 20.8 Å². The summed E-state index contributed by atoms with van der Waals surface area (Å²) in [4.78, 5) is 28.3. The van der Waals surface area contributed by atoms with Crippen LogP contribution in [0.25, 0.3) is 5.57 Å². The van der Waals surface area contributed by atoms with Gasteiger partial charge in [-0.1, -0.05) is 65.2 Å². The Morgan fingerprint density at radius 1 is 0.742 bits per heavy atom. The normalized spacial score (nSPS) is 13.9. The van der Waals surface area contributed by atoms with E-state index >= 15 is 0 Å². The number of halogens is 2. The molecule has 4 rings (SSSR count). The third kappa shape index (κ3) is 3.73. The van der Waals surface area contributed by atoms with Crippen LogP contribution < -0.4 is 10.2 Å². The number of hydrogen-bond donors (Lipinski definition) is 1. The first-order chi connectivity index (χ1) is 14.8. The van der Waals surface area contributed by atoms with Crippen LogP contribution in [0.4, 0.5) is 11.4 Å². The molecule has 0 aromatic heterocycles. The van der Waals surface area contributed by atoms with Gasteiger partial charge in [0.05, 0.1) is 11.3 Å². The van der Waals surface area contributed by atoms with Crippen molar-refractivity contribution in [1.82, 2.24) is 0 Å². The minimum absolute atomic E-state index is 0.207. The molecule has 1 heterocycles. The van der Waals surface area contributed by atoms with E-state index in [0.29, 0.717) is 38.1 Å². The van der Waals surface area contributed by atoms with Crippen molar-refractivity contribution in [3.63, 3.8) is 0 Å². The van der Waals surface area contributed by atoms with Crippen molar-refractivity contribution < 1.29 is 9.59 Å². The minimum atomic E-state index is -0.440. The fourth-order valence-electron chi connectivity index (χ4n) is 3.57. The topological polar surface area (TPSA) is 49.4 Å². The standard InChI is InChI=1S/C25H20Cl2N2O2/c1-14-10-12-17(13-11-14)22-23(28-20-8-4-6-18(26)15(20)2)25(31)29(24(22)30)21-9-5-7-19(27)16(21)3/h4-13,28H,1-3H3. The molecule has 1 aliphatic heterocycles. The van der Waals surface area contributed by atoms with E-state index in [0.717, 1.165) is 11.1 Å². The Morgan fingerprint density at radius 3 is 2.03 bits per heavy atom. The first-order valence-electron chi connectivity index (χ1n) is 9.77. The zero-order valence-electron chi connectivity index (χ0n) is 17.3. The van der Waals surface area contributed by atoms with E-state index < -0.39 is 11.8 Å². The number of anilines is 2.